The van der Waals surface area contributed by atoms with Crippen LogP contribution in [0.25, 0.3) is 5.57 Å². The maximum absolute atomic E-state index is 12.2. The third-order valence-electron chi connectivity index (χ3n) is 3.13. The minimum Gasteiger partial charge on any atom is -0.406 e. The van der Waals surface area contributed by atoms with E-state index in [1.54, 1.807) is 24.2 Å². The van der Waals surface area contributed by atoms with E-state index >= 15 is 0 Å². The largest absolute Gasteiger partial charge is 0.573 e. The fourth-order valence-electron chi connectivity index (χ4n) is 2.23. The third kappa shape index (κ3) is 2.87. The van der Waals surface area contributed by atoms with Gasteiger partial charge in [-0.15, -0.1) is 18.7 Å². The average molecular weight is 295 g/mol. The summed E-state index contributed by atoms with van der Waals surface area (Å²) in [5.41, 5.74) is 9.15. The predicted octanol–water partition coefficient (Wildman–Crippen LogP) is 2.97. The molecule has 0 saturated carbocycles. The van der Waals surface area contributed by atoms with Crippen LogP contribution in [0.15, 0.2) is 48.4 Å². The van der Waals surface area contributed by atoms with Gasteiger partial charge in [-0.2, -0.15) is 0 Å². The summed E-state index contributed by atoms with van der Waals surface area (Å²) in [7, 11) is 0. The van der Waals surface area contributed by atoms with Crippen LogP contribution in [0.5, 0.6) is 5.75 Å². The van der Waals surface area contributed by atoms with Crippen LogP contribution in [0.4, 0.5) is 13.2 Å². The van der Waals surface area contributed by atoms with Gasteiger partial charge >= 0.3 is 6.36 Å². The van der Waals surface area contributed by atoms with Gasteiger partial charge in [-0.25, -0.2) is 0 Å². The fraction of sp³-hybridized carbons (Fsp3) is 0.143. The minimum absolute atomic E-state index is 0.214. The van der Waals surface area contributed by atoms with Crippen molar-refractivity contribution in [2.24, 2.45) is 0 Å². The van der Waals surface area contributed by atoms with Gasteiger partial charge in [-0.1, -0.05) is 6.07 Å². The lowest BCUT2D eigenvalue weighted by Crippen LogP contribution is -2.33. The van der Waals surface area contributed by atoms with Gasteiger partial charge in [0, 0.05) is 12.4 Å². The molecule has 21 heavy (non-hydrogen) atoms. The maximum Gasteiger partial charge on any atom is 0.573 e. The van der Waals surface area contributed by atoms with E-state index < -0.39 is 6.36 Å². The van der Waals surface area contributed by atoms with Crippen molar-refractivity contribution in [3.05, 3.63) is 59.6 Å². The molecule has 2 aliphatic heterocycles. The van der Waals surface area contributed by atoms with E-state index in [4.69, 9.17) is 0 Å². The molecule has 110 valence electrons. The fourth-order valence-corrected chi connectivity index (χ4v) is 2.23. The SMILES string of the molecule is Cc1cc(OC(F)(F)F)ccc1C1=CC2=CNNN2C=C1. The number of benzene rings is 1. The number of allylic oxidation sites excluding steroid dienone is 3. The second kappa shape index (κ2) is 4.85. The number of nitrogens with one attached hydrogen (secondary N) is 2. The molecule has 7 heteroatoms. The third-order valence-corrected chi connectivity index (χ3v) is 3.13. The molecule has 0 spiro atoms. The van der Waals surface area contributed by atoms with Gasteiger partial charge in [-0.3, -0.25) is 5.01 Å². The number of hydrazine groups is 2. The zero-order chi connectivity index (χ0) is 15.0. The zero-order valence-corrected chi connectivity index (χ0v) is 11.0. The summed E-state index contributed by atoms with van der Waals surface area (Å²) in [6, 6.07) is 4.32. The lowest BCUT2D eigenvalue weighted by molar-refractivity contribution is -0.274. The Labute approximate surface area is 119 Å². The number of ether oxygens (including phenoxy) is 1. The molecule has 4 nitrogen and oxygen atoms in total. The van der Waals surface area contributed by atoms with Crippen LogP contribution in [-0.4, -0.2) is 11.4 Å². The van der Waals surface area contributed by atoms with E-state index in [2.05, 4.69) is 15.7 Å². The highest BCUT2D eigenvalue weighted by Crippen LogP contribution is 2.30. The first kappa shape index (κ1) is 13.6. The summed E-state index contributed by atoms with van der Waals surface area (Å²) < 4.78 is 40.5. The number of nitrogens with zero attached hydrogens (tertiary/aromatic N) is 1. The monoisotopic (exact) mass is 295 g/mol. The number of halogens is 3. The van der Waals surface area contributed by atoms with Crippen LogP contribution in [0.2, 0.25) is 0 Å². The summed E-state index contributed by atoms with van der Waals surface area (Å²) >= 11 is 0. The number of alkyl halides is 3. The van der Waals surface area contributed by atoms with Crippen molar-refractivity contribution in [1.29, 1.82) is 0 Å². The lowest BCUT2D eigenvalue weighted by atomic mass is 9.98. The van der Waals surface area contributed by atoms with Crippen LogP contribution in [0.3, 0.4) is 0 Å². The molecule has 0 saturated heterocycles. The van der Waals surface area contributed by atoms with E-state index in [0.29, 0.717) is 5.56 Å². The van der Waals surface area contributed by atoms with Gasteiger partial charge in [0.2, 0.25) is 0 Å². The van der Waals surface area contributed by atoms with Crippen molar-refractivity contribution in [2.75, 3.05) is 0 Å². The van der Waals surface area contributed by atoms with Crippen LogP contribution < -0.4 is 15.7 Å². The highest BCUT2D eigenvalue weighted by molar-refractivity contribution is 5.79. The van der Waals surface area contributed by atoms with Gasteiger partial charge in [0.15, 0.2) is 0 Å². The first-order valence-corrected chi connectivity index (χ1v) is 6.20. The molecular weight excluding hydrogens is 283 g/mol. The molecule has 3 rings (SSSR count). The highest BCUT2D eigenvalue weighted by Gasteiger charge is 2.31. The van der Waals surface area contributed by atoms with Crippen molar-refractivity contribution in [1.82, 2.24) is 16.0 Å². The van der Waals surface area contributed by atoms with Crippen LogP contribution in [0, 0.1) is 6.92 Å². The van der Waals surface area contributed by atoms with Gasteiger partial charge in [0.05, 0.1) is 5.70 Å². The Bertz CT molecular complexity index is 662. The Kier molecular flexibility index (Phi) is 3.13. The molecule has 0 aromatic heterocycles. The highest BCUT2D eigenvalue weighted by atomic mass is 19.4. The Balaban J connectivity index is 1.88. The van der Waals surface area contributed by atoms with E-state index in [9.17, 15) is 13.2 Å². The number of hydrogen-bond acceptors (Lipinski definition) is 4. The summed E-state index contributed by atoms with van der Waals surface area (Å²) in [5, 5.41) is 1.79. The van der Waals surface area contributed by atoms with E-state index in [1.807, 2.05) is 18.4 Å². The minimum atomic E-state index is -4.68. The molecule has 0 bridgehead atoms. The van der Waals surface area contributed by atoms with E-state index in [-0.39, 0.29) is 5.75 Å². The molecule has 1 aromatic rings. The topological polar surface area (TPSA) is 36.5 Å². The Morgan fingerprint density at radius 2 is 2.05 bits per heavy atom. The van der Waals surface area contributed by atoms with Crippen molar-refractivity contribution >= 4 is 5.57 Å². The van der Waals surface area contributed by atoms with Crippen LogP contribution in [-0.2, 0) is 0 Å². The van der Waals surface area contributed by atoms with Crippen LogP contribution >= 0.6 is 0 Å². The summed E-state index contributed by atoms with van der Waals surface area (Å²) in [6.07, 6.45) is 2.76. The van der Waals surface area contributed by atoms with Crippen molar-refractivity contribution in [3.63, 3.8) is 0 Å². The first-order chi connectivity index (χ1) is 9.92. The maximum atomic E-state index is 12.2. The molecule has 1 aromatic carbocycles. The van der Waals surface area contributed by atoms with Gasteiger partial charge in [0.1, 0.15) is 5.75 Å². The molecule has 0 unspecified atom stereocenters. The van der Waals surface area contributed by atoms with Gasteiger partial charge in [-0.05, 0) is 47.9 Å². The average Bonchev–Trinajstić information content (AvgIpc) is 2.84. The normalized spacial score (nSPS) is 17.0. The second-order valence-electron chi connectivity index (χ2n) is 4.64. The second-order valence-corrected chi connectivity index (χ2v) is 4.64. The molecule has 0 radical (unpaired) electrons. The Morgan fingerprint density at radius 1 is 1.24 bits per heavy atom. The van der Waals surface area contributed by atoms with Gasteiger partial charge < -0.3 is 10.2 Å². The molecule has 2 aliphatic rings. The molecule has 0 atom stereocenters. The molecule has 0 amide bonds. The van der Waals surface area contributed by atoms with Crippen molar-refractivity contribution in [3.8, 4) is 5.75 Å². The molecule has 0 fully saturated rings. The van der Waals surface area contributed by atoms with Gasteiger partial charge in [0.25, 0.3) is 0 Å². The molecular formula is C14H12F3N3O. The number of fused-ring (bicyclic) bond motifs is 1. The van der Waals surface area contributed by atoms with E-state index in [1.165, 1.54) is 12.1 Å². The molecule has 2 N–H and O–H groups in total. The quantitative estimate of drug-likeness (QED) is 0.879. The first-order valence-electron chi connectivity index (χ1n) is 6.20. The summed E-state index contributed by atoms with van der Waals surface area (Å²) in [5.74, 6) is -0.214. The Morgan fingerprint density at radius 3 is 2.76 bits per heavy atom. The summed E-state index contributed by atoms with van der Waals surface area (Å²) in [4.78, 5) is 0. The van der Waals surface area contributed by atoms with Crippen LogP contribution in [0.1, 0.15) is 11.1 Å². The molecule has 0 aliphatic carbocycles. The number of rotatable bonds is 2. The smallest absolute Gasteiger partial charge is 0.406 e. The number of hydrogen-bond donors (Lipinski definition) is 2. The standard InChI is InChI=1S/C14H12F3N3O/c1-9-6-12(21-14(15,16)17)2-3-13(9)10-4-5-20-11(7-10)8-18-19-20/h2-8,18-19H,1H3. The summed E-state index contributed by atoms with van der Waals surface area (Å²) in [6.45, 7) is 1.75. The van der Waals surface area contributed by atoms with Crippen molar-refractivity contribution in [2.45, 2.75) is 13.3 Å². The predicted molar refractivity (Wildman–Crippen MR) is 71.2 cm³/mol. The molecule has 2 heterocycles. The number of aryl methyl sites for hydroxylation is 1. The zero-order valence-electron chi connectivity index (χ0n) is 11.0. The van der Waals surface area contributed by atoms with E-state index in [0.717, 1.165) is 16.8 Å². The lowest BCUT2D eigenvalue weighted by Gasteiger charge is -2.20. The van der Waals surface area contributed by atoms with Crippen molar-refractivity contribution < 1.29 is 17.9 Å². The Hall–Kier alpha value is -2.41.